The highest BCUT2D eigenvalue weighted by atomic mass is 19.1. The Hall–Kier alpha value is -4.11. The molecular weight excluding hydrogens is 417 g/mol. The first-order valence-electron chi connectivity index (χ1n) is 10.9. The number of fused-ring (bicyclic) bond motifs is 1. The molecule has 0 spiro atoms. The van der Waals surface area contributed by atoms with Crippen LogP contribution < -0.4 is 4.74 Å². The first kappa shape index (κ1) is 22.1. The van der Waals surface area contributed by atoms with Gasteiger partial charge in [0.1, 0.15) is 11.6 Å². The molecule has 0 saturated heterocycles. The van der Waals surface area contributed by atoms with Crippen LogP contribution in [0.5, 0.6) is 5.75 Å². The number of benzene rings is 3. The molecular formula is C27H24FN3O2. The van der Waals surface area contributed by atoms with E-state index in [2.05, 4.69) is 6.07 Å². The van der Waals surface area contributed by atoms with E-state index in [1.165, 1.54) is 6.07 Å². The van der Waals surface area contributed by atoms with Crippen LogP contribution in [0.4, 0.5) is 9.18 Å². The Morgan fingerprint density at radius 2 is 1.76 bits per heavy atom. The molecule has 0 atom stereocenters. The van der Waals surface area contributed by atoms with Gasteiger partial charge in [-0.2, -0.15) is 5.26 Å². The summed E-state index contributed by atoms with van der Waals surface area (Å²) in [6.45, 7) is 5.27. The standard InChI is InChI=1S/C27H24FN3O2/c1-3-30(4-2)27(32)33-25-14-13-24-22(26(25)20-11-9-19(17-29)10-12-20)15-16-31(24)18-21-7-5-6-8-23(21)28/h5-16H,3-4,18H2,1-2H3. The lowest BCUT2D eigenvalue weighted by Gasteiger charge is -2.20. The second-order valence-corrected chi connectivity index (χ2v) is 7.64. The molecule has 0 aliphatic heterocycles. The molecule has 0 radical (unpaired) electrons. The molecule has 4 aromatic rings. The van der Waals surface area contributed by atoms with Crippen molar-refractivity contribution >= 4 is 17.0 Å². The molecule has 33 heavy (non-hydrogen) atoms. The third kappa shape index (κ3) is 4.44. The highest BCUT2D eigenvalue weighted by Crippen LogP contribution is 2.38. The average Bonchev–Trinajstić information content (AvgIpc) is 3.24. The number of hydrogen-bond acceptors (Lipinski definition) is 3. The van der Waals surface area contributed by atoms with Crippen LogP contribution in [0.15, 0.2) is 72.9 Å². The maximum Gasteiger partial charge on any atom is 0.415 e. The van der Waals surface area contributed by atoms with Gasteiger partial charge in [-0.1, -0.05) is 30.3 Å². The van der Waals surface area contributed by atoms with Crippen LogP contribution in [0.2, 0.25) is 0 Å². The van der Waals surface area contributed by atoms with E-state index in [1.54, 1.807) is 35.2 Å². The van der Waals surface area contributed by atoms with Gasteiger partial charge in [-0.05, 0) is 55.8 Å². The molecule has 4 rings (SSSR count). The SMILES string of the molecule is CCN(CC)C(=O)Oc1ccc2c(ccn2Cc2ccccc2F)c1-c1ccc(C#N)cc1. The summed E-state index contributed by atoms with van der Waals surface area (Å²) in [7, 11) is 0. The predicted octanol–water partition coefficient (Wildman–Crippen LogP) is 6.21. The van der Waals surface area contributed by atoms with Crippen LogP contribution in [0.3, 0.4) is 0 Å². The Labute approximate surface area is 192 Å². The summed E-state index contributed by atoms with van der Waals surface area (Å²) >= 11 is 0. The van der Waals surface area contributed by atoms with E-state index in [1.807, 2.05) is 54.9 Å². The molecule has 0 bridgehead atoms. The van der Waals surface area contributed by atoms with Crippen molar-refractivity contribution < 1.29 is 13.9 Å². The molecule has 3 aromatic carbocycles. The van der Waals surface area contributed by atoms with Crippen molar-refractivity contribution in [3.63, 3.8) is 0 Å². The van der Waals surface area contributed by atoms with E-state index < -0.39 is 6.09 Å². The zero-order chi connectivity index (χ0) is 23.4. The Bertz CT molecular complexity index is 1330. The maximum atomic E-state index is 14.2. The average molecular weight is 442 g/mol. The molecule has 0 N–H and O–H groups in total. The van der Waals surface area contributed by atoms with Gasteiger partial charge in [0, 0.05) is 41.3 Å². The molecule has 0 fully saturated rings. The number of ether oxygens (including phenoxy) is 1. The van der Waals surface area contributed by atoms with E-state index >= 15 is 0 Å². The minimum absolute atomic E-state index is 0.253. The summed E-state index contributed by atoms with van der Waals surface area (Å²) in [5, 5.41) is 10.0. The second-order valence-electron chi connectivity index (χ2n) is 7.64. The molecule has 0 saturated carbocycles. The zero-order valence-corrected chi connectivity index (χ0v) is 18.6. The van der Waals surface area contributed by atoms with E-state index in [9.17, 15) is 9.18 Å². The number of halogens is 1. The number of carbonyl (C=O) groups is 1. The summed E-state index contributed by atoms with van der Waals surface area (Å²) in [6.07, 6.45) is 1.49. The first-order chi connectivity index (χ1) is 16.0. The summed E-state index contributed by atoms with van der Waals surface area (Å²) < 4.78 is 22.0. The van der Waals surface area contributed by atoms with Crippen molar-refractivity contribution in [1.82, 2.24) is 9.47 Å². The van der Waals surface area contributed by atoms with Gasteiger partial charge in [0.25, 0.3) is 0 Å². The number of nitrogens with zero attached hydrogens (tertiary/aromatic N) is 3. The molecule has 0 aliphatic carbocycles. The molecule has 1 amide bonds. The molecule has 6 heteroatoms. The smallest absolute Gasteiger partial charge is 0.410 e. The van der Waals surface area contributed by atoms with Gasteiger partial charge in [-0.25, -0.2) is 9.18 Å². The van der Waals surface area contributed by atoms with Crippen LogP contribution in [0.1, 0.15) is 25.0 Å². The maximum absolute atomic E-state index is 14.2. The molecule has 1 aromatic heterocycles. The topological polar surface area (TPSA) is 58.3 Å². The van der Waals surface area contributed by atoms with Crippen molar-refractivity contribution in [2.75, 3.05) is 13.1 Å². The first-order valence-corrected chi connectivity index (χ1v) is 10.9. The Morgan fingerprint density at radius 3 is 2.42 bits per heavy atom. The fourth-order valence-corrected chi connectivity index (χ4v) is 3.94. The lowest BCUT2D eigenvalue weighted by atomic mass is 9.99. The number of amides is 1. The van der Waals surface area contributed by atoms with Crippen LogP contribution >= 0.6 is 0 Å². The fraction of sp³-hybridized carbons (Fsp3) is 0.185. The second kappa shape index (κ2) is 9.58. The van der Waals surface area contributed by atoms with E-state index in [-0.39, 0.29) is 5.82 Å². The normalized spacial score (nSPS) is 10.7. The largest absolute Gasteiger partial charge is 0.415 e. The lowest BCUT2D eigenvalue weighted by Crippen LogP contribution is -2.33. The molecule has 1 heterocycles. The van der Waals surface area contributed by atoms with Crippen molar-refractivity contribution in [2.24, 2.45) is 0 Å². The van der Waals surface area contributed by atoms with Gasteiger partial charge in [-0.3, -0.25) is 0 Å². The minimum Gasteiger partial charge on any atom is -0.410 e. The molecule has 0 aliphatic rings. The summed E-state index contributed by atoms with van der Waals surface area (Å²) in [5.41, 5.74) is 3.60. The predicted molar refractivity (Wildman–Crippen MR) is 127 cm³/mol. The van der Waals surface area contributed by atoms with Gasteiger partial charge < -0.3 is 14.2 Å². The lowest BCUT2D eigenvalue weighted by molar-refractivity contribution is 0.157. The van der Waals surface area contributed by atoms with E-state index in [4.69, 9.17) is 10.00 Å². The van der Waals surface area contributed by atoms with Crippen molar-refractivity contribution in [3.05, 3.63) is 89.9 Å². The quantitative estimate of drug-likeness (QED) is 0.357. The summed E-state index contributed by atoms with van der Waals surface area (Å²) in [5.74, 6) is 0.184. The van der Waals surface area contributed by atoms with Crippen molar-refractivity contribution in [2.45, 2.75) is 20.4 Å². The number of carbonyl (C=O) groups excluding carboxylic acids is 1. The number of rotatable bonds is 6. The van der Waals surface area contributed by atoms with Crippen LogP contribution in [0, 0.1) is 17.1 Å². The highest BCUT2D eigenvalue weighted by Gasteiger charge is 2.19. The van der Waals surface area contributed by atoms with Gasteiger partial charge in [-0.15, -0.1) is 0 Å². The monoisotopic (exact) mass is 441 g/mol. The minimum atomic E-state index is -0.417. The fourth-order valence-electron chi connectivity index (χ4n) is 3.94. The van der Waals surface area contributed by atoms with Crippen molar-refractivity contribution in [3.8, 4) is 22.9 Å². The number of hydrogen-bond donors (Lipinski definition) is 0. The van der Waals surface area contributed by atoms with Gasteiger partial charge in [0.2, 0.25) is 0 Å². The third-order valence-electron chi connectivity index (χ3n) is 5.73. The number of nitriles is 1. The summed E-state index contributed by atoms with van der Waals surface area (Å²) in [4.78, 5) is 14.3. The Balaban J connectivity index is 1.83. The third-order valence-corrected chi connectivity index (χ3v) is 5.73. The number of aromatic nitrogens is 1. The van der Waals surface area contributed by atoms with E-state index in [0.717, 1.165) is 22.0 Å². The van der Waals surface area contributed by atoms with E-state index in [0.29, 0.717) is 36.5 Å². The van der Waals surface area contributed by atoms with Gasteiger partial charge in [0.15, 0.2) is 0 Å². The van der Waals surface area contributed by atoms with Crippen LogP contribution in [0.25, 0.3) is 22.0 Å². The molecule has 166 valence electrons. The van der Waals surface area contributed by atoms with Crippen LogP contribution in [-0.2, 0) is 6.54 Å². The zero-order valence-electron chi connectivity index (χ0n) is 18.6. The summed E-state index contributed by atoms with van der Waals surface area (Å²) in [6, 6.07) is 21.6. The Morgan fingerprint density at radius 1 is 1.03 bits per heavy atom. The molecule has 0 unspecified atom stereocenters. The highest BCUT2D eigenvalue weighted by molar-refractivity contribution is 5.99. The Kier molecular flexibility index (Phi) is 6.41. The van der Waals surface area contributed by atoms with Gasteiger partial charge >= 0.3 is 6.09 Å². The van der Waals surface area contributed by atoms with Crippen LogP contribution in [-0.4, -0.2) is 28.6 Å². The van der Waals surface area contributed by atoms with Gasteiger partial charge in [0.05, 0.1) is 18.2 Å². The molecule has 5 nitrogen and oxygen atoms in total. The van der Waals surface area contributed by atoms with Crippen molar-refractivity contribution in [1.29, 1.82) is 5.26 Å².